The molecule has 1 aliphatic heterocycles. The highest BCUT2D eigenvalue weighted by Crippen LogP contribution is 2.28. The first-order chi connectivity index (χ1) is 15.6. The Labute approximate surface area is 193 Å². The lowest BCUT2D eigenvalue weighted by Gasteiger charge is -2.27. The van der Waals surface area contributed by atoms with Gasteiger partial charge in [0.05, 0.1) is 0 Å². The van der Waals surface area contributed by atoms with Crippen LogP contribution in [0.25, 0.3) is 0 Å². The number of hydroxylamine groups is 1. The lowest BCUT2D eigenvalue weighted by atomic mass is 10.0. The smallest absolute Gasteiger partial charge is 0.335 e. The molecule has 2 rings (SSSR count). The fourth-order valence-electron chi connectivity index (χ4n) is 2.92. The Morgan fingerprint density at radius 1 is 1.27 bits per heavy atom. The molecule has 0 spiro atoms. The summed E-state index contributed by atoms with van der Waals surface area (Å²) in [6, 6.07) is 0.248. The summed E-state index contributed by atoms with van der Waals surface area (Å²) in [5.74, 6) is -3.05. The first kappa shape index (κ1) is 26.6. The number of carbonyl (C=O) groups excluding carboxylic acids is 3. The van der Waals surface area contributed by atoms with E-state index in [4.69, 9.17) is 0 Å². The predicted molar refractivity (Wildman–Crippen MR) is 116 cm³/mol. The van der Waals surface area contributed by atoms with Crippen molar-refractivity contribution in [2.45, 2.75) is 32.4 Å². The number of urea groups is 1. The summed E-state index contributed by atoms with van der Waals surface area (Å²) < 4.78 is 38.5. The second-order valence-electron chi connectivity index (χ2n) is 7.45. The third kappa shape index (κ3) is 7.45. The summed E-state index contributed by atoms with van der Waals surface area (Å²) in [6.07, 6.45) is -2.91. The van der Waals surface area contributed by atoms with E-state index in [0.717, 1.165) is 0 Å². The molecule has 2 N–H and O–H groups in total. The van der Waals surface area contributed by atoms with Crippen LogP contribution in [-0.4, -0.2) is 83.9 Å². The van der Waals surface area contributed by atoms with Crippen LogP contribution in [-0.2, 0) is 9.63 Å². The van der Waals surface area contributed by atoms with Gasteiger partial charge in [0.15, 0.2) is 11.5 Å². The fraction of sp³-hybridized carbons (Fsp3) is 0.632. The van der Waals surface area contributed by atoms with Gasteiger partial charge < -0.3 is 20.4 Å². The number of nitrogens with one attached hydrogen (secondary N) is 2. The Bertz CT molecular complexity index is 849. The predicted octanol–water partition coefficient (Wildman–Crippen LogP) is 1.93. The molecule has 10 nitrogen and oxygen atoms in total. The van der Waals surface area contributed by atoms with E-state index in [1.807, 2.05) is 6.26 Å². The molecule has 0 aliphatic carbocycles. The molecule has 0 atom stereocenters. The van der Waals surface area contributed by atoms with E-state index in [2.05, 4.69) is 25.7 Å². The molecular formula is C19H27F3N6O4S. The Morgan fingerprint density at radius 2 is 1.94 bits per heavy atom. The van der Waals surface area contributed by atoms with Crippen molar-refractivity contribution in [2.75, 3.05) is 49.8 Å². The monoisotopic (exact) mass is 492 g/mol. The number of alkyl halides is 3. The summed E-state index contributed by atoms with van der Waals surface area (Å²) in [5.41, 5.74) is 0.199. The van der Waals surface area contributed by atoms with E-state index in [1.54, 1.807) is 18.7 Å². The normalized spacial score (nSPS) is 14.2. The lowest BCUT2D eigenvalue weighted by Crippen LogP contribution is -2.47. The number of rotatable bonds is 7. The molecule has 2 heterocycles. The van der Waals surface area contributed by atoms with Gasteiger partial charge in [-0.15, -0.1) is 10.2 Å². The number of anilines is 1. The highest BCUT2D eigenvalue weighted by Gasteiger charge is 2.44. The number of hydrogen-bond acceptors (Lipinski definition) is 8. The standard InChI is InChI=1S/C19H27F3N6O4S/c1-12(2)13-11-14(16(29)27-8-6-23-7-9-27)25-26-15(13)28(32-17(30)19(20,21)22)18(31)24-5-4-10-33-3/h11-12,23H,4-10H2,1-3H3,(H,24,31). The summed E-state index contributed by atoms with van der Waals surface area (Å²) >= 11 is 1.53. The van der Waals surface area contributed by atoms with E-state index in [0.29, 0.717) is 38.4 Å². The topological polar surface area (TPSA) is 117 Å². The van der Waals surface area contributed by atoms with Gasteiger partial charge in [0.1, 0.15) is 0 Å². The maximum absolute atomic E-state index is 12.8. The summed E-state index contributed by atoms with van der Waals surface area (Å²) in [5, 5.41) is 13.3. The van der Waals surface area contributed by atoms with E-state index in [9.17, 15) is 27.6 Å². The van der Waals surface area contributed by atoms with Crippen LogP contribution >= 0.6 is 11.8 Å². The maximum atomic E-state index is 12.8. The highest BCUT2D eigenvalue weighted by molar-refractivity contribution is 7.98. The average Bonchev–Trinajstić information content (AvgIpc) is 2.79. The Morgan fingerprint density at radius 3 is 2.52 bits per heavy atom. The molecule has 0 aromatic carbocycles. The van der Waals surface area contributed by atoms with Crippen molar-refractivity contribution < 1.29 is 32.4 Å². The Balaban J connectivity index is 2.37. The van der Waals surface area contributed by atoms with Crippen LogP contribution in [0, 0.1) is 0 Å². The van der Waals surface area contributed by atoms with Crippen LogP contribution in [0.3, 0.4) is 0 Å². The summed E-state index contributed by atoms with van der Waals surface area (Å²) in [4.78, 5) is 42.8. The quantitative estimate of drug-likeness (QED) is 0.438. The van der Waals surface area contributed by atoms with Gasteiger partial charge in [0.2, 0.25) is 0 Å². The second kappa shape index (κ2) is 12.0. The highest BCUT2D eigenvalue weighted by atomic mass is 32.2. The van der Waals surface area contributed by atoms with Crippen molar-refractivity contribution in [2.24, 2.45) is 0 Å². The molecule has 1 aromatic rings. The molecule has 0 saturated carbocycles. The largest absolute Gasteiger partial charge is 0.493 e. The van der Waals surface area contributed by atoms with Crippen LogP contribution in [0.1, 0.15) is 42.2 Å². The number of thioether (sulfide) groups is 1. The van der Waals surface area contributed by atoms with Crippen LogP contribution in [0.5, 0.6) is 0 Å². The summed E-state index contributed by atoms with van der Waals surface area (Å²) in [7, 11) is 0. The Hall–Kier alpha value is -2.61. The van der Waals surface area contributed by atoms with Crippen molar-refractivity contribution in [3.8, 4) is 0 Å². The first-order valence-electron chi connectivity index (χ1n) is 10.3. The molecule has 33 heavy (non-hydrogen) atoms. The lowest BCUT2D eigenvalue weighted by molar-refractivity contribution is -0.199. The van der Waals surface area contributed by atoms with Gasteiger partial charge in [-0.05, 0) is 30.4 Å². The van der Waals surface area contributed by atoms with Crippen LogP contribution < -0.4 is 15.7 Å². The number of halogens is 3. The second-order valence-corrected chi connectivity index (χ2v) is 8.44. The molecule has 1 aliphatic rings. The number of nitrogens with zero attached hydrogens (tertiary/aromatic N) is 4. The molecule has 0 bridgehead atoms. The van der Waals surface area contributed by atoms with Crippen molar-refractivity contribution in [3.63, 3.8) is 0 Å². The zero-order valence-electron chi connectivity index (χ0n) is 18.6. The van der Waals surface area contributed by atoms with Gasteiger partial charge in [-0.2, -0.15) is 24.9 Å². The Kier molecular flexibility index (Phi) is 9.70. The molecular weight excluding hydrogens is 465 g/mol. The third-order valence-electron chi connectivity index (χ3n) is 4.63. The van der Waals surface area contributed by atoms with Gasteiger partial charge in [-0.1, -0.05) is 18.9 Å². The van der Waals surface area contributed by atoms with Gasteiger partial charge in [0, 0.05) is 38.3 Å². The van der Waals surface area contributed by atoms with Crippen LogP contribution in [0.15, 0.2) is 6.07 Å². The number of aromatic nitrogens is 2. The van der Waals surface area contributed by atoms with Crippen molar-refractivity contribution in [1.29, 1.82) is 0 Å². The molecule has 14 heteroatoms. The van der Waals surface area contributed by atoms with Gasteiger partial charge in [-0.3, -0.25) is 4.79 Å². The maximum Gasteiger partial charge on any atom is 0.493 e. The molecule has 1 saturated heterocycles. The first-order valence-corrected chi connectivity index (χ1v) is 11.7. The minimum Gasteiger partial charge on any atom is -0.335 e. The van der Waals surface area contributed by atoms with Gasteiger partial charge >= 0.3 is 18.2 Å². The number of hydrogen-bond donors (Lipinski definition) is 2. The molecule has 1 fully saturated rings. The molecule has 1 aromatic heterocycles. The number of carbonyl (C=O) groups is 3. The fourth-order valence-corrected chi connectivity index (χ4v) is 3.35. The van der Waals surface area contributed by atoms with E-state index in [-0.39, 0.29) is 28.8 Å². The zero-order chi connectivity index (χ0) is 24.6. The zero-order valence-corrected chi connectivity index (χ0v) is 19.4. The van der Waals surface area contributed by atoms with Crippen molar-refractivity contribution in [1.82, 2.24) is 25.7 Å². The molecule has 0 unspecified atom stereocenters. The van der Waals surface area contributed by atoms with Crippen LogP contribution in [0.2, 0.25) is 0 Å². The number of piperazine rings is 1. The molecule has 0 radical (unpaired) electrons. The van der Waals surface area contributed by atoms with Crippen molar-refractivity contribution >= 4 is 35.5 Å². The van der Waals surface area contributed by atoms with Crippen LogP contribution in [0.4, 0.5) is 23.8 Å². The minimum atomic E-state index is -5.33. The van der Waals surface area contributed by atoms with E-state index in [1.165, 1.54) is 17.8 Å². The minimum absolute atomic E-state index is 0.0215. The third-order valence-corrected chi connectivity index (χ3v) is 5.33. The molecule has 184 valence electrons. The van der Waals surface area contributed by atoms with Crippen molar-refractivity contribution in [3.05, 3.63) is 17.3 Å². The molecule has 3 amide bonds. The van der Waals surface area contributed by atoms with E-state index >= 15 is 0 Å². The summed E-state index contributed by atoms with van der Waals surface area (Å²) in [6.45, 7) is 5.70. The van der Waals surface area contributed by atoms with Gasteiger partial charge in [0.25, 0.3) is 5.91 Å². The average molecular weight is 493 g/mol. The van der Waals surface area contributed by atoms with Gasteiger partial charge in [-0.25, -0.2) is 9.59 Å². The SMILES string of the molecule is CSCCCNC(=O)N(OC(=O)C(F)(F)F)c1nnc(C(=O)N2CCNCC2)cc1C(C)C. The number of amides is 3. The van der Waals surface area contributed by atoms with E-state index < -0.39 is 29.9 Å².